The van der Waals surface area contributed by atoms with Crippen molar-refractivity contribution in [2.24, 2.45) is 5.92 Å². The number of morpholine rings is 1. The highest BCUT2D eigenvalue weighted by Gasteiger charge is 2.29. The lowest BCUT2D eigenvalue weighted by Crippen LogP contribution is -2.55. The molecular weight excluding hydrogens is 258 g/mol. The van der Waals surface area contributed by atoms with Crippen LogP contribution in [0.4, 0.5) is 4.79 Å². The van der Waals surface area contributed by atoms with E-state index in [2.05, 4.69) is 10.6 Å². The average Bonchev–Trinajstić information content (AvgIpc) is 2.34. The Labute approximate surface area is 121 Å². The molecule has 0 bridgehead atoms. The molecule has 0 aromatic rings. The second-order valence-corrected chi connectivity index (χ2v) is 5.98. The summed E-state index contributed by atoms with van der Waals surface area (Å²) < 4.78 is 5.64. The topological polar surface area (TPSA) is 70.7 Å². The van der Waals surface area contributed by atoms with E-state index in [0.29, 0.717) is 25.6 Å². The number of hydrogen-bond donors (Lipinski definition) is 2. The predicted octanol–water partition coefficient (Wildman–Crippen LogP) is 0.966. The van der Waals surface area contributed by atoms with Crippen LogP contribution in [0.25, 0.3) is 0 Å². The lowest BCUT2D eigenvalue weighted by Gasteiger charge is -2.38. The number of imide groups is 1. The molecule has 20 heavy (non-hydrogen) atoms. The van der Waals surface area contributed by atoms with Crippen LogP contribution < -0.4 is 10.6 Å². The minimum absolute atomic E-state index is 0.101. The molecule has 3 atom stereocenters. The number of nitrogens with one attached hydrogen (secondary N) is 2. The highest BCUT2D eigenvalue weighted by Crippen LogP contribution is 2.13. The minimum Gasteiger partial charge on any atom is -0.373 e. The Morgan fingerprint density at radius 1 is 1.20 bits per heavy atom. The Balaban J connectivity index is 2.43. The molecule has 0 aromatic heterocycles. The quantitative estimate of drug-likeness (QED) is 0.807. The van der Waals surface area contributed by atoms with E-state index < -0.39 is 6.03 Å². The van der Waals surface area contributed by atoms with Crippen LogP contribution in [0.2, 0.25) is 0 Å². The van der Waals surface area contributed by atoms with E-state index in [0.717, 1.165) is 0 Å². The van der Waals surface area contributed by atoms with Crippen molar-refractivity contribution >= 4 is 11.9 Å². The largest absolute Gasteiger partial charge is 0.373 e. The summed E-state index contributed by atoms with van der Waals surface area (Å²) in [5, 5.41) is 5.06. The van der Waals surface area contributed by atoms with Gasteiger partial charge in [-0.15, -0.1) is 0 Å². The minimum atomic E-state index is -0.426. The van der Waals surface area contributed by atoms with E-state index in [-0.39, 0.29) is 24.2 Å². The maximum atomic E-state index is 12.1. The Bertz CT molecular complexity index is 337. The summed E-state index contributed by atoms with van der Waals surface area (Å²) in [5.41, 5.74) is 0. The second kappa shape index (κ2) is 7.59. The molecule has 3 amide bonds. The van der Waals surface area contributed by atoms with Crippen molar-refractivity contribution in [3.63, 3.8) is 0 Å². The fourth-order valence-corrected chi connectivity index (χ4v) is 2.26. The van der Waals surface area contributed by atoms with E-state index in [4.69, 9.17) is 4.74 Å². The number of amides is 3. The third-order valence-corrected chi connectivity index (χ3v) is 3.28. The van der Waals surface area contributed by atoms with E-state index in [1.165, 1.54) is 0 Å². The first kappa shape index (κ1) is 16.9. The van der Waals surface area contributed by atoms with E-state index >= 15 is 0 Å². The Morgan fingerprint density at radius 3 is 2.25 bits per heavy atom. The lowest BCUT2D eigenvalue weighted by atomic mass is 10.1. The van der Waals surface area contributed by atoms with Crippen LogP contribution in [0.1, 0.15) is 34.6 Å². The van der Waals surface area contributed by atoms with Gasteiger partial charge in [0.05, 0.1) is 18.2 Å². The van der Waals surface area contributed by atoms with Gasteiger partial charge in [-0.2, -0.15) is 0 Å². The molecule has 6 nitrogen and oxygen atoms in total. The Kier molecular flexibility index (Phi) is 6.42. The molecule has 2 N–H and O–H groups in total. The van der Waals surface area contributed by atoms with Gasteiger partial charge in [0.1, 0.15) is 0 Å². The van der Waals surface area contributed by atoms with E-state index in [9.17, 15) is 9.59 Å². The second-order valence-electron chi connectivity index (χ2n) is 5.98. The molecule has 1 aliphatic rings. The molecule has 1 heterocycles. The molecule has 0 aliphatic carbocycles. The average molecular weight is 285 g/mol. The van der Waals surface area contributed by atoms with Crippen LogP contribution in [0.15, 0.2) is 0 Å². The molecule has 6 heteroatoms. The maximum absolute atomic E-state index is 12.1. The van der Waals surface area contributed by atoms with Gasteiger partial charge in [0.25, 0.3) is 0 Å². The molecule has 116 valence electrons. The summed E-state index contributed by atoms with van der Waals surface area (Å²) in [7, 11) is 0. The maximum Gasteiger partial charge on any atom is 0.321 e. The lowest BCUT2D eigenvalue weighted by molar-refractivity contribution is -0.130. The number of urea groups is 1. The Hall–Kier alpha value is -1.14. The standard InChI is InChI=1S/C14H27N3O3/c1-9(2)6-15-14(19)16-13(18)12(5)17-7-10(3)20-11(4)8-17/h9-12H,6-8H2,1-5H3,(H2,15,16,18,19)/t10-,11+,12-/m0/s1. The number of carbonyl (C=O) groups is 2. The van der Waals surface area contributed by atoms with E-state index in [1.807, 2.05) is 39.5 Å². The van der Waals surface area contributed by atoms with Gasteiger partial charge in [-0.1, -0.05) is 13.8 Å². The van der Waals surface area contributed by atoms with Gasteiger partial charge in [0, 0.05) is 19.6 Å². The summed E-state index contributed by atoms with van der Waals surface area (Å²) in [6.07, 6.45) is 0.201. The summed E-state index contributed by atoms with van der Waals surface area (Å²) >= 11 is 0. The van der Waals surface area contributed by atoms with Crippen molar-refractivity contribution in [3.8, 4) is 0 Å². The van der Waals surface area contributed by atoms with Crippen LogP contribution in [0.5, 0.6) is 0 Å². The van der Waals surface area contributed by atoms with Crippen LogP contribution in [-0.2, 0) is 9.53 Å². The summed E-state index contributed by atoms with van der Waals surface area (Å²) in [5.74, 6) is 0.0850. The summed E-state index contributed by atoms with van der Waals surface area (Å²) in [4.78, 5) is 25.7. The summed E-state index contributed by atoms with van der Waals surface area (Å²) in [6, 6.07) is -0.765. The highest BCUT2D eigenvalue weighted by molar-refractivity contribution is 5.96. The SMILES string of the molecule is CC(C)CNC(=O)NC(=O)[C@H](C)N1C[C@@H](C)O[C@@H](C)C1. The number of ether oxygens (including phenoxy) is 1. The third kappa shape index (κ3) is 5.46. The third-order valence-electron chi connectivity index (χ3n) is 3.28. The zero-order valence-electron chi connectivity index (χ0n) is 13.1. The predicted molar refractivity (Wildman–Crippen MR) is 77.4 cm³/mol. The van der Waals surface area contributed by atoms with Crippen LogP contribution in [0.3, 0.4) is 0 Å². The van der Waals surface area contributed by atoms with Crippen molar-refractivity contribution in [1.82, 2.24) is 15.5 Å². The van der Waals surface area contributed by atoms with Gasteiger partial charge < -0.3 is 10.1 Å². The van der Waals surface area contributed by atoms with Gasteiger partial charge in [-0.25, -0.2) is 4.79 Å². The fourth-order valence-electron chi connectivity index (χ4n) is 2.26. The van der Waals surface area contributed by atoms with Crippen molar-refractivity contribution in [3.05, 3.63) is 0 Å². The van der Waals surface area contributed by atoms with Crippen molar-refractivity contribution < 1.29 is 14.3 Å². The zero-order valence-corrected chi connectivity index (χ0v) is 13.1. The molecule has 0 radical (unpaired) electrons. The summed E-state index contributed by atoms with van der Waals surface area (Å²) in [6.45, 7) is 11.8. The zero-order chi connectivity index (χ0) is 15.3. The number of rotatable bonds is 4. The molecule has 1 saturated heterocycles. The smallest absolute Gasteiger partial charge is 0.321 e. The number of carbonyl (C=O) groups excluding carboxylic acids is 2. The van der Waals surface area contributed by atoms with Gasteiger partial charge in [0.15, 0.2) is 0 Å². The molecule has 0 spiro atoms. The first-order chi connectivity index (χ1) is 9.29. The fraction of sp³-hybridized carbons (Fsp3) is 0.857. The molecular formula is C14H27N3O3. The van der Waals surface area contributed by atoms with Crippen LogP contribution >= 0.6 is 0 Å². The molecule has 1 fully saturated rings. The van der Waals surface area contributed by atoms with Crippen molar-refractivity contribution in [1.29, 1.82) is 0 Å². The van der Waals surface area contributed by atoms with Crippen LogP contribution in [-0.4, -0.2) is 54.7 Å². The van der Waals surface area contributed by atoms with Gasteiger partial charge in [0.2, 0.25) is 5.91 Å². The van der Waals surface area contributed by atoms with E-state index in [1.54, 1.807) is 0 Å². The molecule has 1 aliphatic heterocycles. The molecule has 0 saturated carbocycles. The van der Waals surface area contributed by atoms with Crippen molar-refractivity contribution in [2.75, 3.05) is 19.6 Å². The highest BCUT2D eigenvalue weighted by atomic mass is 16.5. The van der Waals surface area contributed by atoms with Crippen LogP contribution in [0, 0.1) is 5.92 Å². The van der Waals surface area contributed by atoms with Gasteiger partial charge in [-0.05, 0) is 26.7 Å². The number of nitrogens with zero attached hydrogens (tertiary/aromatic N) is 1. The molecule has 0 aromatic carbocycles. The first-order valence-electron chi connectivity index (χ1n) is 7.27. The molecule has 0 unspecified atom stereocenters. The monoisotopic (exact) mass is 285 g/mol. The molecule has 1 rings (SSSR count). The number of hydrogen-bond acceptors (Lipinski definition) is 4. The first-order valence-corrected chi connectivity index (χ1v) is 7.27. The van der Waals surface area contributed by atoms with Crippen molar-refractivity contribution in [2.45, 2.75) is 52.9 Å². The van der Waals surface area contributed by atoms with Gasteiger partial charge >= 0.3 is 6.03 Å². The Morgan fingerprint density at radius 2 is 1.75 bits per heavy atom. The van der Waals surface area contributed by atoms with Gasteiger partial charge in [-0.3, -0.25) is 15.0 Å². The normalized spacial score (nSPS) is 25.3.